The number of aliphatic carboxylic acids is 1. The van der Waals surface area contributed by atoms with Crippen molar-refractivity contribution >= 4 is 11.9 Å². The number of amides is 1. The zero-order valence-corrected chi connectivity index (χ0v) is 13.6. The molecule has 0 aliphatic rings. The normalized spacial score (nSPS) is 12.0. The third-order valence-electron chi connectivity index (χ3n) is 3.50. The van der Waals surface area contributed by atoms with E-state index in [1.165, 1.54) is 0 Å². The number of carboxylic acid groups (broad SMARTS) is 1. The van der Waals surface area contributed by atoms with E-state index in [9.17, 15) is 14.0 Å². The maximum absolute atomic E-state index is 14.4. The van der Waals surface area contributed by atoms with Crippen LogP contribution in [0.2, 0.25) is 0 Å². The van der Waals surface area contributed by atoms with Crippen molar-refractivity contribution in [2.24, 2.45) is 11.7 Å². The number of hydrogen-bond donors (Lipinski definition) is 2. The third-order valence-corrected chi connectivity index (χ3v) is 3.50. The fourth-order valence-corrected chi connectivity index (χ4v) is 2.23. The van der Waals surface area contributed by atoms with Crippen molar-refractivity contribution < 1.29 is 23.8 Å². The van der Waals surface area contributed by atoms with Gasteiger partial charge in [0.05, 0.1) is 6.61 Å². The quantitative estimate of drug-likeness (QED) is 0.692. The average Bonchev–Trinajstić information content (AvgIpc) is 2.46. The Morgan fingerprint density at radius 1 is 1.35 bits per heavy atom. The van der Waals surface area contributed by atoms with Gasteiger partial charge in [0.2, 0.25) is 5.91 Å². The zero-order valence-electron chi connectivity index (χ0n) is 13.6. The second-order valence-electron chi connectivity index (χ2n) is 5.90. The first-order valence-corrected chi connectivity index (χ1v) is 7.71. The summed E-state index contributed by atoms with van der Waals surface area (Å²) in [5.74, 6) is -1.45. The standard InChI is InChI=1S/C17H24FNO4/c1-11(6-7-15(19)20)10-23-14-9-12(2)8-13(17(14)18)4-3-5-16(21)22/h8-9,11H,3-7,10H2,1-2H3,(H2,19,20)(H,21,22)/t11-/m0/s1. The summed E-state index contributed by atoms with van der Waals surface area (Å²) < 4.78 is 19.9. The summed E-state index contributed by atoms with van der Waals surface area (Å²) in [4.78, 5) is 21.3. The van der Waals surface area contributed by atoms with Crippen molar-refractivity contribution in [1.29, 1.82) is 0 Å². The summed E-state index contributed by atoms with van der Waals surface area (Å²) in [6.45, 7) is 4.04. The minimum atomic E-state index is -0.891. The summed E-state index contributed by atoms with van der Waals surface area (Å²) in [5, 5.41) is 8.65. The number of ether oxygens (including phenoxy) is 1. The molecule has 0 unspecified atom stereocenters. The second-order valence-corrected chi connectivity index (χ2v) is 5.90. The fourth-order valence-electron chi connectivity index (χ4n) is 2.23. The molecule has 1 rings (SSSR count). The Bertz CT molecular complexity index is 560. The summed E-state index contributed by atoms with van der Waals surface area (Å²) in [5.41, 5.74) is 6.42. The highest BCUT2D eigenvalue weighted by molar-refractivity contribution is 5.73. The maximum atomic E-state index is 14.4. The summed E-state index contributed by atoms with van der Waals surface area (Å²) >= 11 is 0. The van der Waals surface area contributed by atoms with Crippen LogP contribution >= 0.6 is 0 Å². The molecule has 3 N–H and O–H groups in total. The smallest absolute Gasteiger partial charge is 0.303 e. The molecule has 0 bridgehead atoms. The number of hydrogen-bond acceptors (Lipinski definition) is 3. The van der Waals surface area contributed by atoms with Crippen molar-refractivity contribution in [3.05, 3.63) is 29.1 Å². The van der Waals surface area contributed by atoms with Crippen LogP contribution in [0.25, 0.3) is 0 Å². The highest BCUT2D eigenvalue weighted by Crippen LogP contribution is 2.25. The van der Waals surface area contributed by atoms with Gasteiger partial charge in [-0.2, -0.15) is 0 Å². The molecule has 5 nitrogen and oxygen atoms in total. The molecule has 0 aromatic heterocycles. The predicted octanol–water partition coefficient (Wildman–Crippen LogP) is 2.82. The summed E-state index contributed by atoms with van der Waals surface area (Å²) in [6.07, 6.45) is 1.61. The molecule has 1 aromatic rings. The number of rotatable bonds is 10. The van der Waals surface area contributed by atoms with Gasteiger partial charge in [0.25, 0.3) is 0 Å². The Labute approximate surface area is 135 Å². The third kappa shape index (κ3) is 7.13. The number of aryl methyl sites for hydroxylation is 2. The zero-order chi connectivity index (χ0) is 17.4. The Morgan fingerprint density at radius 3 is 2.65 bits per heavy atom. The predicted molar refractivity (Wildman–Crippen MR) is 84.8 cm³/mol. The molecule has 1 atom stereocenters. The number of carbonyl (C=O) groups is 2. The van der Waals surface area contributed by atoms with E-state index in [1.54, 1.807) is 12.1 Å². The van der Waals surface area contributed by atoms with E-state index < -0.39 is 11.8 Å². The van der Waals surface area contributed by atoms with Crippen LogP contribution in [0, 0.1) is 18.7 Å². The lowest BCUT2D eigenvalue weighted by Gasteiger charge is -2.15. The molecule has 0 heterocycles. The minimum Gasteiger partial charge on any atom is -0.490 e. The van der Waals surface area contributed by atoms with Crippen LogP contribution in [0.3, 0.4) is 0 Å². The van der Waals surface area contributed by atoms with Gasteiger partial charge in [0, 0.05) is 12.8 Å². The molecule has 0 aliphatic heterocycles. The molecule has 1 amide bonds. The molecule has 6 heteroatoms. The van der Waals surface area contributed by atoms with Crippen LogP contribution in [0.1, 0.15) is 43.7 Å². The lowest BCUT2D eigenvalue weighted by molar-refractivity contribution is -0.137. The van der Waals surface area contributed by atoms with Gasteiger partial charge in [0.15, 0.2) is 11.6 Å². The van der Waals surface area contributed by atoms with E-state index in [4.69, 9.17) is 15.6 Å². The molecule has 0 fully saturated rings. The second kappa shape index (κ2) is 9.12. The average molecular weight is 325 g/mol. The Balaban J connectivity index is 2.65. The van der Waals surface area contributed by atoms with Crippen LogP contribution in [0.4, 0.5) is 4.39 Å². The number of halogens is 1. The van der Waals surface area contributed by atoms with Crippen LogP contribution < -0.4 is 10.5 Å². The maximum Gasteiger partial charge on any atom is 0.303 e. The monoisotopic (exact) mass is 325 g/mol. The van der Waals surface area contributed by atoms with Crippen molar-refractivity contribution in [3.8, 4) is 5.75 Å². The molecule has 0 spiro atoms. The van der Waals surface area contributed by atoms with Gasteiger partial charge in [-0.15, -0.1) is 0 Å². The molecular weight excluding hydrogens is 301 g/mol. The van der Waals surface area contributed by atoms with Crippen molar-refractivity contribution in [1.82, 2.24) is 0 Å². The van der Waals surface area contributed by atoms with Crippen LogP contribution in [-0.2, 0) is 16.0 Å². The minimum absolute atomic E-state index is 0.00766. The molecule has 1 aromatic carbocycles. The van der Waals surface area contributed by atoms with Gasteiger partial charge in [-0.25, -0.2) is 4.39 Å². The lowest BCUT2D eigenvalue weighted by Crippen LogP contribution is -2.15. The molecule has 0 saturated carbocycles. The van der Waals surface area contributed by atoms with E-state index in [-0.39, 0.29) is 30.4 Å². The van der Waals surface area contributed by atoms with Crippen LogP contribution in [0.15, 0.2) is 12.1 Å². The van der Waals surface area contributed by atoms with E-state index >= 15 is 0 Å². The number of carboxylic acids is 1. The van der Waals surface area contributed by atoms with Gasteiger partial charge in [-0.3, -0.25) is 9.59 Å². The highest BCUT2D eigenvalue weighted by Gasteiger charge is 2.13. The van der Waals surface area contributed by atoms with Crippen molar-refractivity contribution in [2.45, 2.75) is 46.0 Å². The van der Waals surface area contributed by atoms with E-state index in [2.05, 4.69) is 0 Å². The summed E-state index contributed by atoms with van der Waals surface area (Å²) in [7, 11) is 0. The number of nitrogens with two attached hydrogens (primary N) is 1. The first-order valence-electron chi connectivity index (χ1n) is 7.71. The van der Waals surface area contributed by atoms with Gasteiger partial charge >= 0.3 is 5.97 Å². The molecule has 0 radical (unpaired) electrons. The summed E-state index contributed by atoms with van der Waals surface area (Å²) in [6, 6.07) is 3.33. The van der Waals surface area contributed by atoms with E-state index in [0.29, 0.717) is 31.4 Å². The van der Waals surface area contributed by atoms with E-state index in [0.717, 1.165) is 5.56 Å². The fraction of sp³-hybridized carbons (Fsp3) is 0.529. The highest BCUT2D eigenvalue weighted by atomic mass is 19.1. The number of primary amides is 1. The van der Waals surface area contributed by atoms with Gasteiger partial charge in [0.1, 0.15) is 0 Å². The van der Waals surface area contributed by atoms with Crippen LogP contribution in [-0.4, -0.2) is 23.6 Å². The molecule has 23 heavy (non-hydrogen) atoms. The Hall–Kier alpha value is -2.11. The first-order chi connectivity index (χ1) is 10.8. The van der Waals surface area contributed by atoms with Gasteiger partial charge in [-0.1, -0.05) is 13.0 Å². The Morgan fingerprint density at radius 2 is 2.04 bits per heavy atom. The first kappa shape index (κ1) is 18.9. The van der Waals surface area contributed by atoms with Gasteiger partial charge < -0.3 is 15.6 Å². The largest absolute Gasteiger partial charge is 0.490 e. The lowest BCUT2D eigenvalue weighted by atomic mass is 10.0. The van der Waals surface area contributed by atoms with Crippen molar-refractivity contribution in [2.75, 3.05) is 6.61 Å². The van der Waals surface area contributed by atoms with E-state index in [1.807, 2.05) is 13.8 Å². The molecular formula is C17H24FNO4. The topological polar surface area (TPSA) is 89.6 Å². The van der Waals surface area contributed by atoms with Crippen LogP contribution in [0.5, 0.6) is 5.75 Å². The molecule has 0 aliphatic carbocycles. The number of benzene rings is 1. The van der Waals surface area contributed by atoms with Crippen molar-refractivity contribution in [3.63, 3.8) is 0 Å². The Kier molecular flexibility index (Phi) is 7.51. The number of carbonyl (C=O) groups excluding carboxylic acids is 1. The molecule has 0 saturated heterocycles. The molecule has 128 valence electrons. The SMILES string of the molecule is Cc1cc(CCCC(=O)O)c(F)c(OC[C@@H](C)CCC(N)=O)c1. The van der Waals surface area contributed by atoms with Gasteiger partial charge in [-0.05, 0) is 49.3 Å².